The average Bonchev–Trinajstić information content (AvgIpc) is 3.10. The second kappa shape index (κ2) is 7.52. The van der Waals surface area contributed by atoms with Crippen LogP contribution >= 0.6 is 0 Å². The van der Waals surface area contributed by atoms with Gasteiger partial charge < -0.3 is 14.9 Å². The molecule has 1 heterocycles. The van der Waals surface area contributed by atoms with E-state index < -0.39 is 5.97 Å². The summed E-state index contributed by atoms with van der Waals surface area (Å²) in [6.45, 7) is 0. The first-order valence-electron chi connectivity index (χ1n) is 8.93. The number of carboxylic acids is 1. The largest absolute Gasteiger partial charge is 0.504 e. The monoisotopic (exact) mass is 386 g/mol. The highest BCUT2D eigenvalue weighted by molar-refractivity contribution is 5.93. The Bertz CT molecular complexity index is 1230. The lowest BCUT2D eigenvalue weighted by atomic mass is 10.2. The summed E-state index contributed by atoms with van der Waals surface area (Å²) in [6, 6.07) is 19.7. The number of phenolic OH excluding ortho intramolecular Hbond substituents is 1. The van der Waals surface area contributed by atoms with Gasteiger partial charge in [-0.2, -0.15) is 0 Å². The Labute approximate surface area is 166 Å². The van der Waals surface area contributed by atoms with E-state index >= 15 is 0 Å². The molecule has 0 atom stereocenters. The summed E-state index contributed by atoms with van der Waals surface area (Å²) in [7, 11) is 1.50. The van der Waals surface area contributed by atoms with E-state index in [4.69, 9.17) is 4.74 Å². The predicted octanol–water partition coefficient (Wildman–Crippen LogP) is 4.61. The van der Waals surface area contributed by atoms with Crippen molar-refractivity contribution in [1.82, 2.24) is 9.55 Å². The molecule has 0 bridgehead atoms. The second-order valence-corrected chi connectivity index (χ2v) is 6.41. The summed E-state index contributed by atoms with van der Waals surface area (Å²) in [4.78, 5) is 15.9. The molecule has 3 aromatic carbocycles. The SMILES string of the molecule is COc1ccc(/C=C/c2nc3cc(C(=O)O)ccc3n2-c2ccccc2)cc1O. The number of ether oxygens (including phenoxy) is 1. The van der Waals surface area contributed by atoms with Crippen LogP contribution in [0.1, 0.15) is 21.7 Å². The maximum absolute atomic E-state index is 11.3. The molecule has 0 amide bonds. The minimum absolute atomic E-state index is 0.0531. The molecule has 144 valence electrons. The van der Waals surface area contributed by atoms with E-state index in [9.17, 15) is 15.0 Å². The molecule has 0 aliphatic carbocycles. The number of aromatic nitrogens is 2. The normalized spacial score (nSPS) is 11.2. The zero-order valence-corrected chi connectivity index (χ0v) is 15.6. The molecule has 1 aromatic heterocycles. The molecule has 0 fully saturated rings. The van der Waals surface area contributed by atoms with Gasteiger partial charge in [0.25, 0.3) is 0 Å². The van der Waals surface area contributed by atoms with Gasteiger partial charge in [-0.25, -0.2) is 9.78 Å². The highest BCUT2D eigenvalue weighted by Gasteiger charge is 2.13. The first-order chi connectivity index (χ1) is 14.1. The van der Waals surface area contributed by atoms with Crippen molar-refractivity contribution < 1.29 is 19.7 Å². The lowest BCUT2D eigenvalue weighted by Gasteiger charge is -2.07. The van der Waals surface area contributed by atoms with Gasteiger partial charge in [-0.05, 0) is 54.1 Å². The van der Waals surface area contributed by atoms with E-state index in [0.717, 1.165) is 16.8 Å². The number of carbonyl (C=O) groups is 1. The number of nitrogens with zero attached hydrogens (tertiary/aromatic N) is 2. The van der Waals surface area contributed by atoms with Crippen LogP contribution in [0.3, 0.4) is 0 Å². The van der Waals surface area contributed by atoms with Crippen LogP contribution in [0, 0.1) is 0 Å². The Morgan fingerprint density at radius 3 is 2.52 bits per heavy atom. The van der Waals surface area contributed by atoms with Crippen LogP contribution in [0.2, 0.25) is 0 Å². The number of imidazole rings is 1. The molecule has 0 aliphatic heterocycles. The Balaban J connectivity index is 1.84. The van der Waals surface area contributed by atoms with Gasteiger partial charge in [-0.1, -0.05) is 30.3 Å². The Morgan fingerprint density at radius 2 is 1.83 bits per heavy atom. The molecule has 6 nitrogen and oxygen atoms in total. The number of aromatic hydroxyl groups is 1. The summed E-state index contributed by atoms with van der Waals surface area (Å²) in [5.41, 5.74) is 3.27. The van der Waals surface area contributed by atoms with Crippen LogP contribution in [0.15, 0.2) is 66.7 Å². The molecule has 0 aliphatic rings. The van der Waals surface area contributed by atoms with Gasteiger partial charge in [-0.3, -0.25) is 4.57 Å². The van der Waals surface area contributed by atoms with Gasteiger partial charge in [0.15, 0.2) is 11.5 Å². The van der Waals surface area contributed by atoms with E-state index in [1.54, 1.807) is 30.3 Å². The average molecular weight is 386 g/mol. The van der Waals surface area contributed by atoms with Crippen LogP contribution in [-0.4, -0.2) is 32.8 Å². The van der Waals surface area contributed by atoms with Crippen LogP contribution < -0.4 is 4.74 Å². The van der Waals surface area contributed by atoms with Crippen molar-refractivity contribution in [1.29, 1.82) is 0 Å². The van der Waals surface area contributed by atoms with Crippen molar-refractivity contribution in [2.45, 2.75) is 0 Å². The van der Waals surface area contributed by atoms with Gasteiger partial charge in [0.05, 0.1) is 23.7 Å². The predicted molar refractivity (Wildman–Crippen MR) is 112 cm³/mol. The number of fused-ring (bicyclic) bond motifs is 1. The summed E-state index contributed by atoms with van der Waals surface area (Å²) in [6.07, 6.45) is 3.66. The number of aromatic carboxylic acids is 1. The van der Waals surface area contributed by atoms with E-state index in [-0.39, 0.29) is 11.3 Å². The fourth-order valence-electron chi connectivity index (χ4n) is 3.17. The molecule has 0 spiro atoms. The summed E-state index contributed by atoms with van der Waals surface area (Å²) in [5.74, 6) is 0.105. The van der Waals surface area contributed by atoms with Gasteiger partial charge in [-0.15, -0.1) is 0 Å². The van der Waals surface area contributed by atoms with Crippen molar-refractivity contribution in [2.75, 3.05) is 7.11 Å². The van der Waals surface area contributed by atoms with Gasteiger partial charge >= 0.3 is 5.97 Å². The first-order valence-corrected chi connectivity index (χ1v) is 8.93. The highest BCUT2D eigenvalue weighted by atomic mass is 16.5. The number of para-hydroxylation sites is 1. The Kier molecular flexibility index (Phi) is 4.75. The third-order valence-corrected chi connectivity index (χ3v) is 4.57. The molecule has 2 N–H and O–H groups in total. The molecule has 4 rings (SSSR count). The van der Waals surface area contributed by atoms with Crippen LogP contribution in [-0.2, 0) is 0 Å². The molecule has 29 heavy (non-hydrogen) atoms. The minimum atomic E-state index is -0.994. The maximum atomic E-state index is 11.3. The lowest BCUT2D eigenvalue weighted by Crippen LogP contribution is -1.98. The van der Waals surface area contributed by atoms with E-state index in [2.05, 4.69) is 4.98 Å². The zero-order chi connectivity index (χ0) is 20.4. The first kappa shape index (κ1) is 18.3. The van der Waals surface area contributed by atoms with Crippen LogP contribution in [0.25, 0.3) is 28.9 Å². The standard InChI is InChI=1S/C23H18N2O4/c1-29-21-11-7-15(13-20(21)26)8-12-22-24-18-14-16(23(27)28)9-10-19(18)25(22)17-5-3-2-4-6-17/h2-14,26H,1H3,(H,27,28)/b12-8+. The lowest BCUT2D eigenvalue weighted by molar-refractivity contribution is 0.0697. The molecule has 4 aromatic rings. The van der Waals surface area contributed by atoms with Gasteiger partial charge in [0.1, 0.15) is 5.82 Å². The molecular weight excluding hydrogens is 368 g/mol. The molecule has 6 heteroatoms. The minimum Gasteiger partial charge on any atom is -0.504 e. The zero-order valence-electron chi connectivity index (χ0n) is 15.6. The number of methoxy groups -OCH3 is 1. The quantitative estimate of drug-likeness (QED) is 0.523. The topological polar surface area (TPSA) is 84.6 Å². The number of phenols is 1. The number of rotatable bonds is 5. The van der Waals surface area contributed by atoms with Crippen molar-refractivity contribution in [3.63, 3.8) is 0 Å². The highest BCUT2D eigenvalue weighted by Crippen LogP contribution is 2.28. The van der Waals surface area contributed by atoms with Crippen molar-refractivity contribution in [3.8, 4) is 17.2 Å². The van der Waals surface area contributed by atoms with Crippen LogP contribution in [0.5, 0.6) is 11.5 Å². The molecule has 0 saturated carbocycles. The van der Waals surface area contributed by atoms with Gasteiger partial charge in [0, 0.05) is 5.69 Å². The molecular formula is C23H18N2O4. The number of hydrogen-bond donors (Lipinski definition) is 2. The summed E-state index contributed by atoms with van der Waals surface area (Å²) < 4.78 is 7.03. The van der Waals surface area contributed by atoms with Crippen molar-refractivity contribution in [3.05, 3.63) is 83.7 Å². The summed E-state index contributed by atoms with van der Waals surface area (Å²) in [5, 5.41) is 19.3. The molecule has 0 saturated heterocycles. The van der Waals surface area contributed by atoms with Crippen molar-refractivity contribution in [2.24, 2.45) is 0 Å². The Hall–Kier alpha value is -4.06. The third-order valence-electron chi connectivity index (χ3n) is 4.57. The maximum Gasteiger partial charge on any atom is 0.335 e. The fourth-order valence-corrected chi connectivity index (χ4v) is 3.17. The van der Waals surface area contributed by atoms with Crippen molar-refractivity contribution >= 4 is 29.2 Å². The Morgan fingerprint density at radius 1 is 1.03 bits per heavy atom. The number of benzene rings is 3. The molecule has 0 unspecified atom stereocenters. The summed E-state index contributed by atoms with van der Waals surface area (Å²) >= 11 is 0. The molecule has 0 radical (unpaired) electrons. The van der Waals surface area contributed by atoms with E-state index in [0.29, 0.717) is 17.1 Å². The van der Waals surface area contributed by atoms with E-state index in [1.807, 2.05) is 53.1 Å². The second-order valence-electron chi connectivity index (χ2n) is 6.41. The number of hydrogen-bond acceptors (Lipinski definition) is 4. The third kappa shape index (κ3) is 3.55. The smallest absolute Gasteiger partial charge is 0.335 e. The van der Waals surface area contributed by atoms with Gasteiger partial charge in [0.2, 0.25) is 0 Å². The number of carboxylic acid groups (broad SMARTS) is 1. The van der Waals surface area contributed by atoms with Crippen LogP contribution in [0.4, 0.5) is 0 Å². The fraction of sp³-hybridized carbons (Fsp3) is 0.0435. The van der Waals surface area contributed by atoms with E-state index in [1.165, 1.54) is 7.11 Å².